The van der Waals surface area contributed by atoms with Crippen molar-refractivity contribution in [1.82, 2.24) is 35.0 Å². The van der Waals surface area contributed by atoms with E-state index in [0.29, 0.717) is 34.9 Å². The molecule has 4 heterocycles. The van der Waals surface area contributed by atoms with Crippen LogP contribution < -0.4 is 4.74 Å². The quantitative estimate of drug-likeness (QED) is 0.313. The van der Waals surface area contributed by atoms with E-state index in [9.17, 15) is 4.39 Å². The van der Waals surface area contributed by atoms with Gasteiger partial charge in [0.15, 0.2) is 5.82 Å². The smallest absolute Gasteiger partial charge is 0.159 e. The molecule has 2 aromatic carbocycles. The Bertz CT molecular complexity index is 1720. The lowest BCUT2D eigenvalue weighted by Crippen LogP contribution is -2.19. The molecule has 184 valence electrons. The molecule has 0 aliphatic carbocycles. The first kappa shape index (κ1) is 22.8. The highest BCUT2D eigenvalue weighted by atomic mass is 19.1. The first-order chi connectivity index (χ1) is 18.0. The molecule has 8 nitrogen and oxygen atoms in total. The van der Waals surface area contributed by atoms with Crippen LogP contribution in [0.1, 0.15) is 0 Å². The molecule has 0 fully saturated rings. The minimum absolute atomic E-state index is 0.320. The number of imidazole rings is 1. The van der Waals surface area contributed by atoms with Gasteiger partial charge in [0.2, 0.25) is 0 Å². The first-order valence-electron chi connectivity index (χ1n) is 11.9. The van der Waals surface area contributed by atoms with Crippen molar-refractivity contribution >= 4 is 21.9 Å². The summed E-state index contributed by atoms with van der Waals surface area (Å²) in [6.07, 6.45) is 5.23. The summed E-state index contributed by atoms with van der Waals surface area (Å²) in [6.45, 7) is 1.41. The maximum absolute atomic E-state index is 13.9. The zero-order chi connectivity index (χ0) is 25.4. The Hall–Kier alpha value is -4.63. The molecule has 4 aromatic heterocycles. The van der Waals surface area contributed by atoms with Crippen LogP contribution in [-0.2, 0) is 0 Å². The molecule has 0 saturated heterocycles. The Balaban J connectivity index is 1.38. The average Bonchev–Trinajstić information content (AvgIpc) is 3.52. The molecule has 0 spiro atoms. The van der Waals surface area contributed by atoms with E-state index in [1.165, 1.54) is 12.1 Å². The van der Waals surface area contributed by atoms with Crippen LogP contribution in [-0.4, -0.2) is 62.3 Å². The van der Waals surface area contributed by atoms with Gasteiger partial charge in [-0.2, -0.15) is 5.10 Å². The number of fused-ring (bicyclic) bond motifs is 2. The van der Waals surface area contributed by atoms with E-state index in [2.05, 4.69) is 36.1 Å². The minimum atomic E-state index is -0.320. The second kappa shape index (κ2) is 9.44. The third-order valence-corrected chi connectivity index (χ3v) is 6.14. The second-order valence-corrected chi connectivity index (χ2v) is 9.05. The number of rotatable bonds is 7. The third kappa shape index (κ3) is 4.52. The van der Waals surface area contributed by atoms with Crippen molar-refractivity contribution < 1.29 is 9.13 Å². The average molecular weight is 494 g/mol. The molecule has 0 saturated carbocycles. The van der Waals surface area contributed by atoms with E-state index in [1.807, 2.05) is 50.6 Å². The summed E-state index contributed by atoms with van der Waals surface area (Å²) >= 11 is 0. The van der Waals surface area contributed by atoms with Crippen LogP contribution in [0, 0.1) is 5.82 Å². The zero-order valence-electron chi connectivity index (χ0n) is 20.4. The predicted molar refractivity (Wildman–Crippen MR) is 142 cm³/mol. The number of aromatic amines is 2. The lowest BCUT2D eigenvalue weighted by atomic mass is 10.0. The van der Waals surface area contributed by atoms with E-state index in [1.54, 1.807) is 18.5 Å². The summed E-state index contributed by atoms with van der Waals surface area (Å²) in [5.41, 5.74) is 6.22. The van der Waals surface area contributed by atoms with Crippen molar-refractivity contribution in [2.45, 2.75) is 0 Å². The fraction of sp³-hybridized carbons (Fsp3) is 0.143. The van der Waals surface area contributed by atoms with Crippen LogP contribution in [0.25, 0.3) is 55.8 Å². The molecule has 0 aliphatic rings. The Morgan fingerprint density at radius 3 is 2.70 bits per heavy atom. The highest BCUT2D eigenvalue weighted by Crippen LogP contribution is 2.33. The number of nitrogens with one attached hydrogen (secondary N) is 2. The summed E-state index contributed by atoms with van der Waals surface area (Å²) in [6, 6.07) is 16.3. The number of hydrogen-bond acceptors (Lipinski definition) is 6. The van der Waals surface area contributed by atoms with Crippen LogP contribution in [0.15, 0.2) is 73.2 Å². The van der Waals surface area contributed by atoms with Crippen LogP contribution in [0.2, 0.25) is 0 Å². The van der Waals surface area contributed by atoms with Crippen LogP contribution in [0.3, 0.4) is 0 Å². The lowest BCUT2D eigenvalue weighted by molar-refractivity contribution is 0.261. The van der Waals surface area contributed by atoms with Gasteiger partial charge in [-0.25, -0.2) is 9.37 Å². The maximum atomic E-state index is 13.9. The number of aromatic nitrogens is 6. The summed E-state index contributed by atoms with van der Waals surface area (Å²) in [5.74, 6) is 1.00. The highest BCUT2D eigenvalue weighted by Gasteiger charge is 2.17. The molecule has 0 amide bonds. The number of halogens is 1. The predicted octanol–water partition coefficient (Wildman–Crippen LogP) is 5.31. The molecule has 0 atom stereocenters. The summed E-state index contributed by atoms with van der Waals surface area (Å²) in [4.78, 5) is 19.1. The SMILES string of the molecule is CN(C)CCOc1cncc(-c2ccc3[nH]nc(-c4nc5c(-c6cccc(F)c6)nccc5[nH]4)c3c2)c1. The number of H-pyrrole nitrogens is 2. The highest BCUT2D eigenvalue weighted by molar-refractivity contribution is 5.97. The van der Waals surface area contributed by atoms with Gasteiger partial charge < -0.3 is 14.6 Å². The number of ether oxygens (including phenoxy) is 1. The normalized spacial score (nSPS) is 11.6. The molecule has 0 unspecified atom stereocenters. The fourth-order valence-corrected chi connectivity index (χ4v) is 4.27. The Morgan fingerprint density at radius 2 is 1.84 bits per heavy atom. The van der Waals surface area contributed by atoms with E-state index < -0.39 is 0 Å². The van der Waals surface area contributed by atoms with Gasteiger partial charge in [-0.15, -0.1) is 0 Å². The summed E-state index contributed by atoms with van der Waals surface area (Å²) in [5, 5.41) is 8.55. The molecule has 6 aromatic rings. The van der Waals surface area contributed by atoms with Crippen molar-refractivity contribution in [3.05, 3.63) is 79.0 Å². The lowest BCUT2D eigenvalue weighted by Gasteiger charge is -2.11. The molecule has 2 N–H and O–H groups in total. The molecule has 0 radical (unpaired) electrons. The minimum Gasteiger partial charge on any atom is -0.491 e. The van der Waals surface area contributed by atoms with E-state index in [4.69, 9.17) is 9.72 Å². The molecule has 9 heteroatoms. The number of likely N-dealkylation sites (N-methyl/N-ethyl adjacent to an activating group) is 1. The van der Waals surface area contributed by atoms with Gasteiger partial charge >= 0.3 is 0 Å². The zero-order valence-corrected chi connectivity index (χ0v) is 20.4. The van der Waals surface area contributed by atoms with Crippen molar-refractivity contribution in [2.75, 3.05) is 27.2 Å². The molecular weight excluding hydrogens is 469 g/mol. The second-order valence-electron chi connectivity index (χ2n) is 9.05. The van der Waals surface area contributed by atoms with Gasteiger partial charge in [-0.1, -0.05) is 18.2 Å². The molecule has 0 bridgehead atoms. The topological polar surface area (TPSA) is 95.6 Å². The van der Waals surface area contributed by atoms with Crippen molar-refractivity contribution in [2.24, 2.45) is 0 Å². The van der Waals surface area contributed by atoms with Crippen molar-refractivity contribution in [3.8, 4) is 39.7 Å². The van der Waals surface area contributed by atoms with E-state index >= 15 is 0 Å². The van der Waals surface area contributed by atoms with Crippen LogP contribution in [0.4, 0.5) is 4.39 Å². The monoisotopic (exact) mass is 493 g/mol. The van der Waals surface area contributed by atoms with Gasteiger partial charge in [0, 0.05) is 35.5 Å². The van der Waals surface area contributed by atoms with Gasteiger partial charge in [-0.05, 0) is 56.1 Å². The van der Waals surface area contributed by atoms with Crippen LogP contribution >= 0.6 is 0 Å². The van der Waals surface area contributed by atoms with Crippen LogP contribution in [0.5, 0.6) is 5.75 Å². The Morgan fingerprint density at radius 1 is 0.919 bits per heavy atom. The fourth-order valence-electron chi connectivity index (χ4n) is 4.27. The summed E-state index contributed by atoms with van der Waals surface area (Å²) in [7, 11) is 4.02. The Labute approximate surface area is 212 Å². The first-order valence-corrected chi connectivity index (χ1v) is 11.9. The molecule has 37 heavy (non-hydrogen) atoms. The largest absolute Gasteiger partial charge is 0.491 e. The standard InChI is InChI=1S/C28H24FN7O/c1-36(2)10-11-37-21-13-19(15-30-16-21)17-6-7-23-22(14-17)26(35-34-23)28-32-24-8-9-31-25(27(24)33-28)18-4-3-5-20(29)12-18/h3-9,12-16H,10-11H2,1-2H3,(H,32,33)(H,34,35). The molecule has 0 aliphatic heterocycles. The van der Waals surface area contributed by atoms with E-state index in [-0.39, 0.29) is 5.82 Å². The van der Waals surface area contributed by atoms with E-state index in [0.717, 1.165) is 39.8 Å². The van der Waals surface area contributed by atoms with Gasteiger partial charge in [0.05, 0.1) is 22.9 Å². The van der Waals surface area contributed by atoms with Gasteiger partial charge in [0.1, 0.15) is 29.4 Å². The third-order valence-electron chi connectivity index (χ3n) is 6.14. The van der Waals surface area contributed by atoms with Crippen molar-refractivity contribution in [1.29, 1.82) is 0 Å². The summed E-state index contributed by atoms with van der Waals surface area (Å²) < 4.78 is 19.7. The molecule has 6 rings (SSSR count). The maximum Gasteiger partial charge on any atom is 0.159 e. The number of nitrogens with zero attached hydrogens (tertiary/aromatic N) is 5. The van der Waals surface area contributed by atoms with Crippen molar-refractivity contribution in [3.63, 3.8) is 0 Å². The number of pyridine rings is 2. The van der Waals surface area contributed by atoms with Gasteiger partial charge in [-0.3, -0.25) is 15.1 Å². The van der Waals surface area contributed by atoms with Gasteiger partial charge in [0.25, 0.3) is 0 Å². The molecular formula is C28H24FN7O. The number of benzene rings is 2. The number of hydrogen-bond donors (Lipinski definition) is 2. The Kier molecular flexibility index (Phi) is 5.82.